The predicted molar refractivity (Wildman–Crippen MR) is 137 cm³/mol. The lowest BCUT2D eigenvalue weighted by molar-refractivity contribution is -0.136. The highest BCUT2D eigenvalue weighted by Gasteiger charge is 2.18. The van der Waals surface area contributed by atoms with Crippen molar-refractivity contribution in [3.63, 3.8) is 0 Å². The summed E-state index contributed by atoms with van der Waals surface area (Å²) < 4.78 is 10.6. The average molecular weight is 505 g/mol. The second-order valence-electron chi connectivity index (χ2n) is 8.33. The number of ether oxygens (including phenoxy) is 1. The van der Waals surface area contributed by atoms with Crippen LogP contribution < -0.4 is 5.32 Å². The number of hydrogen-bond acceptors (Lipinski definition) is 5. The molecule has 0 saturated heterocycles. The second kappa shape index (κ2) is 11.6. The Kier molecular flexibility index (Phi) is 8.02. The van der Waals surface area contributed by atoms with Crippen LogP contribution in [0.1, 0.15) is 28.0 Å². The molecule has 0 aliphatic heterocycles. The first-order valence-corrected chi connectivity index (χ1v) is 11.8. The van der Waals surface area contributed by atoms with E-state index in [1.54, 1.807) is 13.0 Å². The standard InChI is InChI=1S/C28H25ClN2O5/c1-18-26(30-28(34)35-15-14-22-4-2-3-5-24(22)29)27(31-36-18)23-12-10-20(11-13-23)16-19-6-8-21(9-7-19)17-25(32)33/h2-13H,14-17H2,1H3,(H,30,34)(H,32,33). The van der Waals surface area contributed by atoms with Crippen LogP contribution in [0.5, 0.6) is 0 Å². The van der Waals surface area contributed by atoms with Gasteiger partial charge in [-0.1, -0.05) is 83.5 Å². The van der Waals surface area contributed by atoms with Gasteiger partial charge in [0.05, 0.1) is 13.0 Å². The molecular weight excluding hydrogens is 480 g/mol. The van der Waals surface area contributed by atoms with Gasteiger partial charge in [0.2, 0.25) is 0 Å². The highest BCUT2D eigenvalue weighted by Crippen LogP contribution is 2.30. The number of aryl methyl sites for hydroxylation is 1. The lowest BCUT2D eigenvalue weighted by Gasteiger charge is -2.09. The molecule has 0 fully saturated rings. The molecular formula is C28H25ClN2O5. The van der Waals surface area contributed by atoms with Crippen LogP contribution in [0.25, 0.3) is 11.3 Å². The Morgan fingerprint density at radius 2 is 1.61 bits per heavy atom. The highest BCUT2D eigenvalue weighted by atomic mass is 35.5. The fourth-order valence-corrected chi connectivity index (χ4v) is 4.01. The second-order valence-corrected chi connectivity index (χ2v) is 8.73. The van der Waals surface area contributed by atoms with Crippen LogP contribution in [0.4, 0.5) is 10.5 Å². The van der Waals surface area contributed by atoms with Crippen molar-refractivity contribution in [3.05, 3.63) is 106 Å². The summed E-state index contributed by atoms with van der Waals surface area (Å²) in [4.78, 5) is 23.2. The number of carbonyl (C=O) groups is 2. The Bertz CT molecular complexity index is 1350. The van der Waals surface area contributed by atoms with Crippen molar-refractivity contribution in [1.29, 1.82) is 0 Å². The number of amides is 1. The van der Waals surface area contributed by atoms with E-state index < -0.39 is 12.1 Å². The number of halogens is 1. The maximum absolute atomic E-state index is 12.4. The fraction of sp³-hybridized carbons (Fsp3) is 0.179. The Labute approximate surface area is 213 Å². The van der Waals surface area contributed by atoms with E-state index in [-0.39, 0.29) is 13.0 Å². The minimum absolute atomic E-state index is 0.0113. The molecule has 4 aromatic rings. The molecule has 7 nitrogen and oxygen atoms in total. The summed E-state index contributed by atoms with van der Waals surface area (Å²) >= 11 is 6.15. The number of nitrogens with one attached hydrogen (secondary N) is 1. The van der Waals surface area contributed by atoms with Gasteiger partial charge in [-0.15, -0.1) is 0 Å². The first kappa shape index (κ1) is 25.0. The van der Waals surface area contributed by atoms with Crippen molar-refractivity contribution in [3.8, 4) is 11.3 Å². The number of rotatable bonds is 9. The lowest BCUT2D eigenvalue weighted by Crippen LogP contribution is -2.16. The molecule has 36 heavy (non-hydrogen) atoms. The number of aliphatic carboxylic acids is 1. The molecule has 184 valence electrons. The maximum Gasteiger partial charge on any atom is 0.411 e. The zero-order valence-corrected chi connectivity index (χ0v) is 20.4. The van der Waals surface area contributed by atoms with Gasteiger partial charge in [0.15, 0.2) is 5.76 Å². The monoisotopic (exact) mass is 504 g/mol. The van der Waals surface area contributed by atoms with E-state index in [9.17, 15) is 9.59 Å². The van der Waals surface area contributed by atoms with E-state index in [0.717, 1.165) is 27.8 Å². The number of carboxylic acid groups (broad SMARTS) is 1. The van der Waals surface area contributed by atoms with Crippen LogP contribution in [0.2, 0.25) is 5.02 Å². The van der Waals surface area contributed by atoms with E-state index in [1.807, 2.05) is 66.7 Å². The number of carboxylic acids is 1. The van der Waals surface area contributed by atoms with Gasteiger partial charge in [-0.3, -0.25) is 10.1 Å². The van der Waals surface area contributed by atoms with E-state index in [1.165, 1.54) is 0 Å². The van der Waals surface area contributed by atoms with Gasteiger partial charge in [-0.05, 0) is 41.7 Å². The Hall–Kier alpha value is -4.10. The number of anilines is 1. The Balaban J connectivity index is 1.37. The molecule has 0 unspecified atom stereocenters. The predicted octanol–water partition coefficient (Wildman–Crippen LogP) is 6.31. The van der Waals surface area contributed by atoms with Gasteiger partial charge in [0.25, 0.3) is 0 Å². The van der Waals surface area contributed by atoms with E-state index in [0.29, 0.717) is 35.0 Å². The summed E-state index contributed by atoms with van der Waals surface area (Å²) in [5.74, 6) is -0.376. The first-order chi connectivity index (χ1) is 17.4. The van der Waals surface area contributed by atoms with Crippen molar-refractivity contribution >= 4 is 29.4 Å². The SMILES string of the molecule is Cc1onc(-c2ccc(Cc3ccc(CC(=O)O)cc3)cc2)c1NC(=O)OCCc1ccccc1Cl. The molecule has 0 bridgehead atoms. The van der Waals surface area contributed by atoms with Crippen molar-refractivity contribution in [2.75, 3.05) is 11.9 Å². The molecule has 0 aliphatic rings. The zero-order valence-electron chi connectivity index (χ0n) is 19.7. The molecule has 0 spiro atoms. The minimum Gasteiger partial charge on any atom is -0.481 e. The van der Waals surface area contributed by atoms with Gasteiger partial charge in [-0.2, -0.15) is 0 Å². The summed E-state index contributed by atoms with van der Waals surface area (Å²) in [5, 5.41) is 16.4. The molecule has 0 atom stereocenters. The fourth-order valence-electron chi connectivity index (χ4n) is 3.78. The number of carbonyl (C=O) groups excluding carboxylic acids is 1. The van der Waals surface area contributed by atoms with Crippen LogP contribution in [-0.4, -0.2) is 28.9 Å². The third-order valence-corrected chi connectivity index (χ3v) is 6.03. The first-order valence-electron chi connectivity index (χ1n) is 11.4. The summed E-state index contributed by atoms with van der Waals surface area (Å²) in [6, 6.07) is 22.8. The van der Waals surface area contributed by atoms with Crippen LogP contribution in [0.15, 0.2) is 77.3 Å². The van der Waals surface area contributed by atoms with Gasteiger partial charge in [0, 0.05) is 17.0 Å². The van der Waals surface area contributed by atoms with Crippen LogP contribution >= 0.6 is 11.6 Å². The molecule has 1 aromatic heterocycles. The third-order valence-electron chi connectivity index (χ3n) is 5.67. The molecule has 0 radical (unpaired) electrons. The van der Waals surface area contributed by atoms with E-state index >= 15 is 0 Å². The molecule has 3 aromatic carbocycles. The molecule has 4 rings (SSSR count). The van der Waals surface area contributed by atoms with Crippen LogP contribution in [-0.2, 0) is 28.8 Å². The molecule has 0 saturated carbocycles. The van der Waals surface area contributed by atoms with Crippen molar-refractivity contribution < 1.29 is 24.0 Å². The molecule has 0 aliphatic carbocycles. The number of hydrogen-bond donors (Lipinski definition) is 2. The summed E-state index contributed by atoms with van der Waals surface area (Å²) in [7, 11) is 0. The number of aromatic nitrogens is 1. The molecule has 8 heteroatoms. The topological polar surface area (TPSA) is 102 Å². The third kappa shape index (κ3) is 6.52. The van der Waals surface area contributed by atoms with Crippen molar-refractivity contribution in [1.82, 2.24) is 5.16 Å². The average Bonchev–Trinajstić information content (AvgIpc) is 3.21. The van der Waals surface area contributed by atoms with Gasteiger partial charge in [-0.25, -0.2) is 4.79 Å². The van der Waals surface area contributed by atoms with Gasteiger partial charge >= 0.3 is 12.1 Å². The number of benzene rings is 3. The normalized spacial score (nSPS) is 10.7. The molecule has 1 heterocycles. The van der Waals surface area contributed by atoms with E-state index in [4.69, 9.17) is 26.0 Å². The zero-order chi connectivity index (χ0) is 25.5. The maximum atomic E-state index is 12.4. The Morgan fingerprint density at radius 3 is 2.28 bits per heavy atom. The van der Waals surface area contributed by atoms with E-state index in [2.05, 4.69) is 10.5 Å². The molecule has 1 amide bonds. The molecule has 2 N–H and O–H groups in total. The summed E-state index contributed by atoms with van der Waals surface area (Å²) in [6.45, 7) is 1.90. The quantitative estimate of drug-likeness (QED) is 0.277. The lowest BCUT2D eigenvalue weighted by atomic mass is 10.0. The van der Waals surface area contributed by atoms with Crippen molar-refractivity contribution in [2.45, 2.75) is 26.2 Å². The highest BCUT2D eigenvalue weighted by molar-refractivity contribution is 6.31. The largest absolute Gasteiger partial charge is 0.481 e. The Morgan fingerprint density at radius 1 is 0.972 bits per heavy atom. The number of nitrogens with zero attached hydrogens (tertiary/aromatic N) is 1. The van der Waals surface area contributed by atoms with Crippen molar-refractivity contribution in [2.24, 2.45) is 0 Å². The smallest absolute Gasteiger partial charge is 0.411 e. The van der Waals surface area contributed by atoms with Gasteiger partial charge in [0.1, 0.15) is 11.4 Å². The van der Waals surface area contributed by atoms with Crippen LogP contribution in [0.3, 0.4) is 0 Å². The minimum atomic E-state index is -0.847. The van der Waals surface area contributed by atoms with Crippen LogP contribution in [0, 0.1) is 6.92 Å². The summed E-state index contributed by atoms with van der Waals surface area (Å²) in [6.07, 6.45) is 0.621. The van der Waals surface area contributed by atoms with Gasteiger partial charge < -0.3 is 14.4 Å². The summed E-state index contributed by atoms with van der Waals surface area (Å²) in [5.41, 5.74) is 5.60.